The van der Waals surface area contributed by atoms with Crippen LogP contribution in [0.1, 0.15) is 25.1 Å². The molecular formula is C22H29ClN4O5S. The van der Waals surface area contributed by atoms with Gasteiger partial charge in [0.2, 0.25) is 15.9 Å². The average molecular weight is 497 g/mol. The molecule has 9 nitrogen and oxygen atoms in total. The number of hydrogen-bond acceptors (Lipinski definition) is 6. The average Bonchev–Trinajstić information content (AvgIpc) is 3.04. The Kier molecular flexibility index (Phi) is 8.17. The van der Waals surface area contributed by atoms with Gasteiger partial charge < -0.3 is 14.8 Å². The van der Waals surface area contributed by atoms with Gasteiger partial charge in [-0.15, -0.1) is 0 Å². The SMILES string of the molecule is COc1ccc(S(=O)(=O)N2CCOCC2)cc1NC(=O)/C=C/c1c(C)nn(CC(C)C)c1Cl. The van der Waals surface area contributed by atoms with Crippen LogP contribution in [0, 0.1) is 12.8 Å². The van der Waals surface area contributed by atoms with Gasteiger partial charge in [-0.3, -0.25) is 9.48 Å². The molecule has 1 aromatic carbocycles. The highest BCUT2D eigenvalue weighted by molar-refractivity contribution is 7.89. The molecule has 0 saturated carbocycles. The number of anilines is 1. The summed E-state index contributed by atoms with van der Waals surface area (Å²) in [6.45, 7) is 7.88. The second kappa shape index (κ2) is 10.7. The molecule has 0 radical (unpaired) electrons. The van der Waals surface area contributed by atoms with Gasteiger partial charge in [0, 0.05) is 31.3 Å². The first-order chi connectivity index (χ1) is 15.6. The third kappa shape index (κ3) is 5.94. The van der Waals surface area contributed by atoms with Crippen LogP contribution in [-0.2, 0) is 26.1 Å². The van der Waals surface area contributed by atoms with E-state index in [0.717, 1.165) is 0 Å². The molecule has 3 rings (SSSR count). The smallest absolute Gasteiger partial charge is 0.248 e. The van der Waals surface area contributed by atoms with Crippen LogP contribution in [0.4, 0.5) is 5.69 Å². The van der Waals surface area contributed by atoms with Crippen molar-refractivity contribution in [2.45, 2.75) is 32.2 Å². The second-order valence-corrected chi connectivity index (χ2v) is 10.4. The first-order valence-corrected chi connectivity index (χ1v) is 12.4. The predicted molar refractivity (Wildman–Crippen MR) is 127 cm³/mol. The van der Waals surface area contributed by atoms with Gasteiger partial charge in [0.15, 0.2) is 0 Å². The summed E-state index contributed by atoms with van der Waals surface area (Å²) in [5.41, 5.74) is 1.61. The Morgan fingerprint density at radius 2 is 2.03 bits per heavy atom. The number of rotatable bonds is 8. The zero-order valence-corrected chi connectivity index (χ0v) is 20.7. The van der Waals surface area contributed by atoms with Gasteiger partial charge in [0.05, 0.1) is 36.6 Å². The van der Waals surface area contributed by atoms with Crippen LogP contribution in [0.3, 0.4) is 0 Å². The number of aromatic nitrogens is 2. The number of nitrogens with one attached hydrogen (secondary N) is 1. The highest BCUT2D eigenvalue weighted by Gasteiger charge is 2.27. The monoisotopic (exact) mass is 496 g/mol. The van der Waals surface area contributed by atoms with Crippen molar-refractivity contribution in [3.63, 3.8) is 0 Å². The largest absolute Gasteiger partial charge is 0.495 e. The number of ether oxygens (including phenoxy) is 2. The molecule has 0 spiro atoms. The highest BCUT2D eigenvalue weighted by Crippen LogP contribution is 2.29. The maximum atomic E-state index is 13.0. The third-order valence-corrected chi connectivity index (χ3v) is 7.38. The lowest BCUT2D eigenvalue weighted by molar-refractivity contribution is -0.111. The van der Waals surface area contributed by atoms with Crippen LogP contribution in [-0.4, -0.2) is 61.8 Å². The van der Waals surface area contributed by atoms with E-state index in [9.17, 15) is 13.2 Å². The Hall–Kier alpha value is -2.40. The van der Waals surface area contributed by atoms with Crippen molar-refractivity contribution in [3.05, 3.63) is 40.7 Å². The van der Waals surface area contributed by atoms with Crippen molar-refractivity contribution < 1.29 is 22.7 Å². The maximum absolute atomic E-state index is 13.0. The Morgan fingerprint density at radius 3 is 2.67 bits per heavy atom. The van der Waals surface area contributed by atoms with Crippen molar-refractivity contribution in [1.82, 2.24) is 14.1 Å². The van der Waals surface area contributed by atoms with Crippen LogP contribution in [0.15, 0.2) is 29.2 Å². The van der Waals surface area contributed by atoms with E-state index in [0.29, 0.717) is 47.8 Å². The molecule has 0 bridgehead atoms. The summed E-state index contributed by atoms with van der Waals surface area (Å²) in [7, 11) is -2.27. The minimum atomic E-state index is -3.72. The molecule has 180 valence electrons. The fourth-order valence-electron chi connectivity index (χ4n) is 3.44. The van der Waals surface area contributed by atoms with E-state index >= 15 is 0 Å². The molecule has 1 amide bonds. The quantitative estimate of drug-likeness (QED) is 0.563. The zero-order chi connectivity index (χ0) is 24.2. The van der Waals surface area contributed by atoms with Crippen molar-refractivity contribution in [2.24, 2.45) is 5.92 Å². The Labute approximate surface area is 199 Å². The summed E-state index contributed by atoms with van der Waals surface area (Å²) in [5.74, 6) is 0.258. The Morgan fingerprint density at radius 1 is 1.33 bits per heavy atom. The van der Waals surface area contributed by atoms with E-state index in [1.165, 1.54) is 35.7 Å². The molecule has 0 aliphatic carbocycles. The minimum absolute atomic E-state index is 0.0679. The molecule has 33 heavy (non-hydrogen) atoms. The summed E-state index contributed by atoms with van der Waals surface area (Å²) in [6.07, 6.45) is 2.93. The number of morpholine rings is 1. The van der Waals surface area contributed by atoms with Crippen LogP contribution in [0.5, 0.6) is 5.75 Å². The molecule has 2 heterocycles. The number of carbonyl (C=O) groups is 1. The lowest BCUT2D eigenvalue weighted by atomic mass is 10.2. The number of nitrogens with zero attached hydrogens (tertiary/aromatic N) is 3. The summed E-state index contributed by atoms with van der Waals surface area (Å²) in [5, 5.41) is 7.58. The number of amides is 1. The number of aryl methyl sites for hydroxylation is 1. The standard InChI is InChI=1S/C22H29ClN4O5S/c1-15(2)14-27-22(23)18(16(3)25-27)6-8-21(28)24-19-13-17(5-7-20(19)31-4)33(29,30)26-9-11-32-12-10-26/h5-8,13,15H,9-12,14H2,1-4H3,(H,24,28)/b8-6+. The van der Waals surface area contributed by atoms with E-state index in [1.807, 2.05) is 6.92 Å². The van der Waals surface area contributed by atoms with E-state index in [-0.39, 0.29) is 23.7 Å². The number of halogens is 1. The lowest BCUT2D eigenvalue weighted by Gasteiger charge is -2.26. The topological polar surface area (TPSA) is 103 Å². The molecule has 1 aromatic heterocycles. The number of carbonyl (C=O) groups excluding carboxylic acids is 1. The lowest BCUT2D eigenvalue weighted by Crippen LogP contribution is -2.40. The minimum Gasteiger partial charge on any atom is -0.495 e. The first kappa shape index (κ1) is 25.2. The number of benzene rings is 1. The normalized spacial score (nSPS) is 15.3. The van der Waals surface area contributed by atoms with Crippen molar-refractivity contribution in [3.8, 4) is 5.75 Å². The van der Waals surface area contributed by atoms with Gasteiger partial charge in [-0.1, -0.05) is 25.4 Å². The van der Waals surface area contributed by atoms with Gasteiger partial charge in [-0.25, -0.2) is 8.42 Å². The molecule has 0 unspecified atom stereocenters. The molecule has 1 aliphatic heterocycles. The summed E-state index contributed by atoms with van der Waals surface area (Å²) >= 11 is 6.43. The van der Waals surface area contributed by atoms with Crippen molar-refractivity contribution in [2.75, 3.05) is 38.7 Å². The maximum Gasteiger partial charge on any atom is 0.248 e. The van der Waals surface area contributed by atoms with Gasteiger partial charge in [0.1, 0.15) is 10.9 Å². The van der Waals surface area contributed by atoms with Crippen molar-refractivity contribution >= 4 is 39.3 Å². The predicted octanol–water partition coefficient (Wildman–Crippen LogP) is 3.18. The van der Waals surface area contributed by atoms with Crippen LogP contribution < -0.4 is 10.1 Å². The second-order valence-electron chi connectivity index (χ2n) is 8.07. The zero-order valence-electron chi connectivity index (χ0n) is 19.2. The fourth-order valence-corrected chi connectivity index (χ4v) is 5.18. The van der Waals surface area contributed by atoms with Crippen LogP contribution >= 0.6 is 11.6 Å². The molecule has 11 heteroatoms. The summed E-state index contributed by atoms with van der Waals surface area (Å²) in [4.78, 5) is 12.7. The van der Waals surface area contributed by atoms with Gasteiger partial charge in [0.25, 0.3) is 0 Å². The van der Waals surface area contributed by atoms with E-state index < -0.39 is 15.9 Å². The molecule has 1 saturated heterocycles. The fraction of sp³-hybridized carbons (Fsp3) is 0.455. The van der Waals surface area contributed by atoms with E-state index in [2.05, 4.69) is 24.3 Å². The summed E-state index contributed by atoms with van der Waals surface area (Å²) in [6, 6.07) is 4.37. The van der Waals surface area contributed by atoms with Gasteiger partial charge in [-0.05, 0) is 37.1 Å². The molecule has 1 fully saturated rings. The number of sulfonamides is 1. The van der Waals surface area contributed by atoms with Crippen LogP contribution in [0.2, 0.25) is 5.15 Å². The highest BCUT2D eigenvalue weighted by atomic mass is 35.5. The van der Waals surface area contributed by atoms with Gasteiger partial charge in [-0.2, -0.15) is 9.40 Å². The number of methoxy groups -OCH3 is 1. The first-order valence-electron chi connectivity index (χ1n) is 10.6. The third-order valence-electron chi connectivity index (χ3n) is 5.09. The summed E-state index contributed by atoms with van der Waals surface area (Å²) < 4.78 is 39.5. The van der Waals surface area contributed by atoms with E-state index in [1.54, 1.807) is 10.8 Å². The molecule has 0 atom stereocenters. The Bertz CT molecular complexity index is 1140. The molecule has 1 N–H and O–H groups in total. The van der Waals surface area contributed by atoms with Crippen LogP contribution in [0.25, 0.3) is 6.08 Å². The Balaban J connectivity index is 1.81. The molecular weight excluding hydrogens is 468 g/mol. The van der Waals surface area contributed by atoms with E-state index in [4.69, 9.17) is 21.1 Å². The van der Waals surface area contributed by atoms with Gasteiger partial charge >= 0.3 is 0 Å². The molecule has 1 aliphatic rings. The van der Waals surface area contributed by atoms with Crippen molar-refractivity contribution in [1.29, 1.82) is 0 Å². The number of hydrogen-bond donors (Lipinski definition) is 1. The molecule has 2 aromatic rings.